The second-order valence-corrected chi connectivity index (χ2v) is 3.37. The number of imidazole rings is 1. The summed E-state index contributed by atoms with van der Waals surface area (Å²) < 4.78 is 13.0. The maximum atomic E-state index is 13.0. The van der Waals surface area contributed by atoms with E-state index in [2.05, 4.69) is 9.97 Å². The van der Waals surface area contributed by atoms with Gasteiger partial charge in [-0.3, -0.25) is 0 Å². The van der Waals surface area contributed by atoms with E-state index in [1.165, 1.54) is 6.07 Å². The third kappa shape index (κ3) is 1.89. The molecule has 0 atom stereocenters. The van der Waals surface area contributed by atoms with Crippen molar-refractivity contribution in [2.75, 3.05) is 0 Å². The Hall–Kier alpha value is -1.68. The van der Waals surface area contributed by atoms with Crippen LogP contribution in [-0.2, 0) is 6.61 Å². The zero-order valence-electron chi connectivity index (χ0n) is 8.29. The number of H-pyrrole nitrogens is 1. The summed E-state index contributed by atoms with van der Waals surface area (Å²) in [4.78, 5) is 6.91. The summed E-state index contributed by atoms with van der Waals surface area (Å²) in [5.74, 6) is 0.285. The van der Waals surface area contributed by atoms with E-state index in [0.717, 1.165) is 11.3 Å². The van der Waals surface area contributed by atoms with Crippen LogP contribution in [0.3, 0.4) is 0 Å². The van der Waals surface area contributed by atoms with Gasteiger partial charge in [0, 0.05) is 5.56 Å². The maximum Gasteiger partial charge on any atom is 0.132 e. The van der Waals surface area contributed by atoms with Crippen molar-refractivity contribution in [3.8, 4) is 11.3 Å². The summed E-state index contributed by atoms with van der Waals surface area (Å²) in [5.41, 5.74) is 2.23. The quantitative estimate of drug-likeness (QED) is 0.789. The highest BCUT2D eigenvalue weighted by Gasteiger charge is 2.04. The number of benzene rings is 1. The van der Waals surface area contributed by atoms with Crippen molar-refractivity contribution in [1.29, 1.82) is 0 Å². The van der Waals surface area contributed by atoms with Crippen LogP contribution in [0.5, 0.6) is 0 Å². The predicted octanol–water partition coefficient (Wildman–Crippen LogP) is 2.02. The number of aliphatic hydroxyl groups is 1. The number of nitrogens with zero attached hydrogens (tertiary/aromatic N) is 1. The normalized spacial score (nSPS) is 10.6. The van der Waals surface area contributed by atoms with Crippen molar-refractivity contribution in [3.05, 3.63) is 41.6 Å². The Morgan fingerprint density at radius 1 is 1.47 bits per heavy atom. The molecular formula is C11H11FN2O. The van der Waals surface area contributed by atoms with Crippen molar-refractivity contribution in [2.24, 2.45) is 0 Å². The number of aliphatic hydroxyl groups excluding tert-OH is 1. The zero-order chi connectivity index (χ0) is 10.8. The minimum atomic E-state index is -0.222. The number of halogens is 1. The van der Waals surface area contributed by atoms with Gasteiger partial charge in [0.2, 0.25) is 0 Å². The smallest absolute Gasteiger partial charge is 0.132 e. The van der Waals surface area contributed by atoms with Gasteiger partial charge in [-0.15, -0.1) is 0 Å². The van der Waals surface area contributed by atoms with Gasteiger partial charge in [0.25, 0.3) is 0 Å². The summed E-state index contributed by atoms with van der Waals surface area (Å²) in [7, 11) is 0. The van der Waals surface area contributed by atoms with Crippen molar-refractivity contribution in [3.63, 3.8) is 0 Å². The molecule has 0 amide bonds. The molecular weight excluding hydrogens is 195 g/mol. The summed E-state index contributed by atoms with van der Waals surface area (Å²) >= 11 is 0. The lowest BCUT2D eigenvalue weighted by Crippen LogP contribution is -1.86. The van der Waals surface area contributed by atoms with Crippen LogP contribution in [0.25, 0.3) is 11.3 Å². The molecule has 78 valence electrons. The lowest BCUT2D eigenvalue weighted by atomic mass is 10.1. The van der Waals surface area contributed by atoms with Crippen LogP contribution < -0.4 is 0 Å². The number of nitrogens with one attached hydrogen (secondary N) is 1. The molecule has 4 heteroatoms. The molecule has 0 fully saturated rings. The number of aromatic amines is 1. The Morgan fingerprint density at radius 2 is 2.27 bits per heavy atom. The summed E-state index contributed by atoms with van der Waals surface area (Å²) in [6.45, 7) is 1.59. The highest BCUT2D eigenvalue weighted by atomic mass is 19.1. The lowest BCUT2D eigenvalue weighted by Gasteiger charge is -2.00. The monoisotopic (exact) mass is 206 g/mol. The molecule has 2 aromatic rings. The molecule has 0 aliphatic carbocycles. The number of hydrogen-bond donors (Lipinski definition) is 2. The molecule has 1 heterocycles. The van der Waals surface area contributed by atoms with Gasteiger partial charge in [0.05, 0.1) is 11.9 Å². The van der Waals surface area contributed by atoms with Gasteiger partial charge < -0.3 is 10.1 Å². The standard InChI is InChI=1S/C11H11FN2O/c1-7-4-8(2-3-9(7)12)10-5-13-11(6-15)14-10/h2-5,15H,6H2,1H3,(H,13,14). The summed E-state index contributed by atoms with van der Waals surface area (Å²) in [6, 6.07) is 4.84. The van der Waals surface area contributed by atoms with E-state index in [1.54, 1.807) is 25.3 Å². The third-order valence-electron chi connectivity index (χ3n) is 2.25. The molecule has 1 aromatic heterocycles. The molecule has 15 heavy (non-hydrogen) atoms. The van der Waals surface area contributed by atoms with E-state index < -0.39 is 0 Å². The molecule has 2 rings (SSSR count). The van der Waals surface area contributed by atoms with Gasteiger partial charge >= 0.3 is 0 Å². The lowest BCUT2D eigenvalue weighted by molar-refractivity contribution is 0.272. The molecule has 0 aliphatic heterocycles. The number of hydrogen-bond acceptors (Lipinski definition) is 2. The SMILES string of the molecule is Cc1cc(-c2cnc(CO)[nH]2)ccc1F. The van der Waals surface area contributed by atoms with Gasteiger partial charge in [-0.05, 0) is 30.7 Å². The van der Waals surface area contributed by atoms with E-state index in [4.69, 9.17) is 5.11 Å². The van der Waals surface area contributed by atoms with E-state index in [9.17, 15) is 4.39 Å². The van der Waals surface area contributed by atoms with Crippen molar-refractivity contribution >= 4 is 0 Å². The topological polar surface area (TPSA) is 48.9 Å². The first-order valence-corrected chi connectivity index (χ1v) is 4.62. The minimum Gasteiger partial charge on any atom is -0.388 e. The number of aryl methyl sites for hydroxylation is 1. The minimum absolute atomic E-state index is 0.125. The fourth-order valence-corrected chi connectivity index (χ4v) is 1.40. The molecule has 2 N–H and O–H groups in total. The van der Waals surface area contributed by atoms with Crippen LogP contribution in [0.4, 0.5) is 4.39 Å². The Bertz CT molecular complexity index is 479. The van der Waals surface area contributed by atoms with Crippen LogP contribution >= 0.6 is 0 Å². The Balaban J connectivity index is 2.40. The van der Waals surface area contributed by atoms with Crippen molar-refractivity contribution in [2.45, 2.75) is 13.5 Å². The molecule has 0 unspecified atom stereocenters. The molecule has 1 aromatic carbocycles. The molecule has 0 radical (unpaired) electrons. The zero-order valence-corrected chi connectivity index (χ0v) is 8.29. The maximum absolute atomic E-state index is 13.0. The largest absolute Gasteiger partial charge is 0.388 e. The summed E-state index contributed by atoms with van der Waals surface area (Å²) in [6.07, 6.45) is 1.62. The van der Waals surface area contributed by atoms with Gasteiger partial charge in [0.1, 0.15) is 18.2 Å². The third-order valence-corrected chi connectivity index (χ3v) is 2.25. The van der Waals surface area contributed by atoms with Gasteiger partial charge in [-0.25, -0.2) is 9.37 Å². The molecule has 3 nitrogen and oxygen atoms in total. The predicted molar refractivity (Wildman–Crippen MR) is 54.6 cm³/mol. The Labute approximate surface area is 86.6 Å². The number of rotatable bonds is 2. The molecule has 0 spiro atoms. The molecule has 0 saturated carbocycles. The van der Waals surface area contributed by atoms with Crippen LogP contribution in [0, 0.1) is 12.7 Å². The van der Waals surface area contributed by atoms with Crippen LogP contribution in [-0.4, -0.2) is 15.1 Å². The fraction of sp³-hybridized carbons (Fsp3) is 0.182. The molecule has 0 bridgehead atoms. The van der Waals surface area contributed by atoms with Gasteiger partial charge in [0.15, 0.2) is 0 Å². The summed E-state index contributed by atoms with van der Waals surface area (Å²) in [5, 5.41) is 8.84. The Morgan fingerprint density at radius 3 is 2.87 bits per heavy atom. The molecule has 0 saturated heterocycles. The first-order chi connectivity index (χ1) is 7.20. The highest BCUT2D eigenvalue weighted by Crippen LogP contribution is 2.19. The van der Waals surface area contributed by atoms with Crippen LogP contribution in [0.15, 0.2) is 24.4 Å². The fourth-order valence-electron chi connectivity index (χ4n) is 1.40. The first kappa shape index (κ1) is 9.86. The van der Waals surface area contributed by atoms with Crippen LogP contribution in [0.1, 0.15) is 11.4 Å². The Kier molecular flexibility index (Phi) is 2.51. The van der Waals surface area contributed by atoms with Crippen molar-refractivity contribution < 1.29 is 9.50 Å². The van der Waals surface area contributed by atoms with E-state index in [-0.39, 0.29) is 12.4 Å². The van der Waals surface area contributed by atoms with E-state index in [1.807, 2.05) is 0 Å². The first-order valence-electron chi connectivity index (χ1n) is 4.62. The van der Waals surface area contributed by atoms with Crippen LogP contribution in [0.2, 0.25) is 0 Å². The van der Waals surface area contributed by atoms with Gasteiger partial charge in [-0.1, -0.05) is 0 Å². The second-order valence-electron chi connectivity index (χ2n) is 3.37. The number of aromatic nitrogens is 2. The average molecular weight is 206 g/mol. The van der Waals surface area contributed by atoms with Crippen molar-refractivity contribution in [1.82, 2.24) is 9.97 Å². The second kappa shape index (κ2) is 3.82. The van der Waals surface area contributed by atoms with E-state index >= 15 is 0 Å². The average Bonchev–Trinajstić information content (AvgIpc) is 2.70. The highest BCUT2D eigenvalue weighted by molar-refractivity contribution is 5.59. The molecule has 0 aliphatic rings. The van der Waals surface area contributed by atoms with Gasteiger partial charge in [-0.2, -0.15) is 0 Å². The van der Waals surface area contributed by atoms with E-state index in [0.29, 0.717) is 11.4 Å².